The third-order valence-corrected chi connectivity index (χ3v) is 12.4. The lowest BCUT2D eigenvalue weighted by Crippen LogP contribution is -2.11. The van der Waals surface area contributed by atoms with Gasteiger partial charge in [-0.25, -0.2) is 0 Å². The van der Waals surface area contributed by atoms with Crippen LogP contribution in [0.3, 0.4) is 0 Å². The van der Waals surface area contributed by atoms with Gasteiger partial charge in [-0.05, 0) is 117 Å². The first-order valence-electron chi connectivity index (χ1n) is 26.2. The predicted octanol–water partition coefficient (Wildman–Crippen LogP) is 15.3. The Labute approximate surface area is 395 Å². The van der Waals surface area contributed by atoms with Crippen molar-refractivity contribution >= 4 is 49.4 Å². The van der Waals surface area contributed by atoms with Gasteiger partial charge in [0.05, 0.1) is 27.9 Å². The molecular formula is C61H48N4O. The predicted molar refractivity (Wildman–Crippen MR) is 272 cm³/mol. The second kappa shape index (κ2) is 16.0. The topological polar surface area (TPSA) is 56.2 Å². The summed E-state index contributed by atoms with van der Waals surface area (Å²) < 4.78 is 85.9. The van der Waals surface area contributed by atoms with Crippen LogP contribution in [-0.2, 0) is 30.9 Å². The van der Waals surface area contributed by atoms with E-state index < -0.39 is 25.5 Å². The van der Waals surface area contributed by atoms with Crippen LogP contribution in [0, 0.1) is 0 Å². The van der Waals surface area contributed by atoms with E-state index in [-0.39, 0.29) is 27.7 Å². The standard InChI is InChI=1S/C61H48N4O/c1-61(2,3)56-50-13-10-16-54-58(50)65-59(56)51-38-45(29-30-49(51)57-60(65)55(66-54)31-34-64-57)47-11-4-5-12-48(47)46-36-41(19-17-39-21-25-43(26-22-39)52-14-6-8-32-62-52)35-42(37-46)20-18-40-23-27-44(28-24-40)53-15-7-9-33-63-53/h4-16,21-38H,17-20H2,1-3H3/i17D2,18D2,19D2,20D2. The van der Waals surface area contributed by atoms with Crippen LogP contribution >= 0.6 is 0 Å². The second-order valence-corrected chi connectivity index (χ2v) is 17.8. The lowest BCUT2D eigenvalue weighted by atomic mass is 9.84. The maximum Gasteiger partial charge on any atom is 0.155 e. The molecule has 0 aliphatic carbocycles. The summed E-state index contributed by atoms with van der Waals surface area (Å²) in [7, 11) is 0. The molecule has 6 aromatic carbocycles. The number of rotatable bonds is 10. The van der Waals surface area contributed by atoms with Gasteiger partial charge in [0.15, 0.2) is 11.2 Å². The number of benzene rings is 6. The highest BCUT2D eigenvalue weighted by Crippen LogP contribution is 2.46. The van der Waals surface area contributed by atoms with Crippen LogP contribution in [0.4, 0.5) is 0 Å². The van der Waals surface area contributed by atoms with E-state index >= 15 is 0 Å². The van der Waals surface area contributed by atoms with Gasteiger partial charge in [-0.2, -0.15) is 0 Å². The van der Waals surface area contributed by atoms with Crippen LogP contribution in [0.2, 0.25) is 0 Å². The first-order valence-corrected chi connectivity index (χ1v) is 22.2. The van der Waals surface area contributed by atoms with E-state index in [9.17, 15) is 11.0 Å². The minimum Gasteiger partial charge on any atom is -0.453 e. The summed E-state index contributed by atoms with van der Waals surface area (Å²) in [6.07, 6.45) is -5.75. The smallest absolute Gasteiger partial charge is 0.155 e. The molecule has 0 bridgehead atoms. The fourth-order valence-corrected chi connectivity index (χ4v) is 9.51. The summed E-state index contributed by atoms with van der Waals surface area (Å²) >= 11 is 0. The van der Waals surface area contributed by atoms with Crippen LogP contribution in [-0.4, -0.2) is 19.4 Å². The average Bonchev–Trinajstić information content (AvgIpc) is 3.79. The maximum absolute atomic E-state index is 9.74. The van der Waals surface area contributed by atoms with Gasteiger partial charge in [0.1, 0.15) is 5.52 Å². The molecule has 0 aliphatic heterocycles. The summed E-state index contributed by atoms with van der Waals surface area (Å²) in [5, 5.41) is 2.99. The van der Waals surface area contributed by atoms with E-state index in [1.54, 1.807) is 79.3 Å². The molecule has 0 fully saturated rings. The molecular weight excluding hydrogens is 805 g/mol. The largest absolute Gasteiger partial charge is 0.453 e. The molecule has 318 valence electrons. The molecule has 66 heavy (non-hydrogen) atoms. The van der Waals surface area contributed by atoms with Crippen LogP contribution in [0.25, 0.3) is 94.2 Å². The van der Waals surface area contributed by atoms with E-state index in [1.807, 2.05) is 84.9 Å². The van der Waals surface area contributed by atoms with Gasteiger partial charge in [0, 0.05) is 62.9 Å². The maximum atomic E-state index is 9.74. The monoisotopic (exact) mass is 860 g/mol. The van der Waals surface area contributed by atoms with Gasteiger partial charge in [0.2, 0.25) is 0 Å². The molecule has 6 aromatic heterocycles. The molecule has 0 saturated heterocycles. The van der Waals surface area contributed by atoms with Gasteiger partial charge in [-0.3, -0.25) is 15.0 Å². The number of nitrogens with zero attached hydrogens (tertiary/aromatic N) is 4. The summed E-state index contributed by atoms with van der Waals surface area (Å²) in [5.41, 5.74) is 11.3. The molecule has 0 atom stereocenters. The van der Waals surface area contributed by atoms with Crippen molar-refractivity contribution < 1.29 is 15.4 Å². The molecule has 0 radical (unpaired) electrons. The van der Waals surface area contributed by atoms with Crippen LogP contribution in [0.1, 0.15) is 59.6 Å². The molecule has 6 heterocycles. The Morgan fingerprint density at radius 2 is 1.02 bits per heavy atom. The first-order chi connectivity index (χ1) is 35.4. The van der Waals surface area contributed by atoms with E-state index in [4.69, 9.17) is 9.40 Å². The Bertz CT molecular complexity index is 3980. The number of hydrogen-bond donors (Lipinski definition) is 0. The summed E-state index contributed by atoms with van der Waals surface area (Å²) in [5.74, 6) is 0. The van der Waals surface area contributed by atoms with E-state index in [2.05, 4.69) is 53.3 Å². The van der Waals surface area contributed by atoms with Gasteiger partial charge in [0.25, 0.3) is 0 Å². The Kier molecular flexibility index (Phi) is 7.71. The minimum atomic E-state index is -2.78. The Morgan fingerprint density at radius 1 is 0.439 bits per heavy atom. The van der Waals surface area contributed by atoms with Gasteiger partial charge < -0.3 is 8.82 Å². The fourth-order valence-electron chi connectivity index (χ4n) is 9.51. The van der Waals surface area contributed by atoms with Gasteiger partial charge >= 0.3 is 0 Å². The van der Waals surface area contributed by atoms with Crippen LogP contribution < -0.4 is 0 Å². The average molecular weight is 861 g/mol. The zero-order valence-electron chi connectivity index (χ0n) is 44.6. The number of hydrogen-bond acceptors (Lipinski definition) is 4. The van der Waals surface area contributed by atoms with Crippen molar-refractivity contribution in [1.82, 2.24) is 19.4 Å². The molecule has 5 nitrogen and oxygen atoms in total. The van der Waals surface area contributed by atoms with Crippen molar-refractivity contribution in [3.8, 4) is 44.8 Å². The van der Waals surface area contributed by atoms with Crippen molar-refractivity contribution in [1.29, 1.82) is 0 Å². The van der Waals surface area contributed by atoms with Crippen molar-refractivity contribution in [2.75, 3.05) is 0 Å². The molecule has 0 N–H and O–H groups in total. The van der Waals surface area contributed by atoms with Gasteiger partial charge in [-0.1, -0.05) is 148 Å². The minimum absolute atomic E-state index is 0.0727. The summed E-state index contributed by atoms with van der Waals surface area (Å²) in [6.45, 7) is 6.65. The van der Waals surface area contributed by atoms with Crippen molar-refractivity contribution in [2.24, 2.45) is 0 Å². The normalized spacial score (nSPS) is 14.8. The van der Waals surface area contributed by atoms with Crippen molar-refractivity contribution in [3.63, 3.8) is 0 Å². The molecule has 5 heteroatoms. The van der Waals surface area contributed by atoms with Crippen molar-refractivity contribution in [3.05, 3.63) is 216 Å². The molecule has 12 aromatic rings. The first kappa shape index (κ1) is 31.9. The van der Waals surface area contributed by atoms with E-state index in [1.165, 1.54) is 6.07 Å². The SMILES string of the molecule is [2H]C([2H])(c1ccc(-c2ccccn2)cc1)C([2H])([2H])c1cc(-c2ccccc2-c2ccc3c(c2)c2c(C(C)(C)C)c4cccc5oc6ccnc3c6n2c54)cc(C([2H])([2H])C([2H])([2H])c2ccc(-c3ccccn3)cc2)c1. The number of aromatic nitrogens is 4. The summed E-state index contributed by atoms with van der Waals surface area (Å²) in [4.78, 5) is 13.8. The van der Waals surface area contributed by atoms with E-state index in [0.717, 1.165) is 77.2 Å². The highest BCUT2D eigenvalue weighted by atomic mass is 16.3. The van der Waals surface area contributed by atoms with Crippen LogP contribution in [0.15, 0.2) is 193 Å². The number of pyridine rings is 4. The summed E-state index contributed by atoms with van der Waals surface area (Å²) in [6, 6.07) is 50.6. The third-order valence-electron chi connectivity index (χ3n) is 12.4. The Hall–Kier alpha value is -7.89. The molecule has 12 rings (SSSR count). The molecule has 0 spiro atoms. The van der Waals surface area contributed by atoms with E-state index in [0.29, 0.717) is 22.5 Å². The molecule has 0 amide bonds. The molecule has 0 aliphatic rings. The second-order valence-electron chi connectivity index (χ2n) is 17.8. The van der Waals surface area contributed by atoms with Crippen molar-refractivity contribution in [2.45, 2.75) is 51.7 Å². The molecule has 0 unspecified atom stereocenters. The lowest BCUT2D eigenvalue weighted by Gasteiger charge is -2.21. The fraction of sp³-hybridized carbons (Fsp3) is 0.131. The third kappa shape index (κ3) is 6.99. The lowest BCUT2D eigenvalue weighted by molar-refractivity contribution is 0.601. The van der Waals surface area contributed by atoms with Crippen LogP contribution in [0.5, 0.6) is 0 Å². The zero-order chi connectivity index (χ0) is 51.5. The molecule has 0 saturated carbocycles. The quantitative estimate of drug-likeness (QED) is 0.102. The van der Waals surface area contributed by atoms with Gasteiger partial charge in [-0.15, -0.1) is 0 Å². The Morgan fingerprint density at radius 3 is 1.62 bits per heavy atom. The number of fused-ring (bicyclic) bond motifs is 3. The number of aryl methyl sites for hydroxylation is 4. The highest BCUT2D eigenvalue weighted by Gasteiger charge is 2.29. The zero-order valence-corrected chi connectivity index (χ0v) is 36.6. The Balaban J connectivity index is 1.05. The highest BCUT2D eigenvalue weighted by molar-refractivity contribution is 6.21. The number of para-hydroxylation sites is 1.